The van der Waals surface area contributed by atoms with Gasteiger partial charge in [0, 0.05) is 13.1 Å². The molecule has 1 rings (SSSR count). The molecule has 0 spiro atoms. The van der Waals surface area contributed by atoms with E-state index in [0.717, 1.165) is 26.3 Å². The Kier molecular flexibility index (Phi) is 1.47. The van der Waals surface area contributed by atoms with E-state index in [1.54, 1.807) is 0 Å². The number of morpholine rings is 1. The highest BCUT2D eigenvalue weighted by molar-refractivity contribution is 4.49. The lowest BCUT2D eigenvalue weighted by atomic mass is 10.5. The molecule has 0 saturated carbocycles. The Hall–Kier alpha value is -0.0800. The van der Waals surface area contributed by atoms with Crippen LogP contribution in [0.25, 0.3) is 0 Å². The van der Waals surface area contributed by atoms with Gasteiger partial charge in [-0.2, -0.15) is 0 Å². The number of nitrogens with one attached hydrogen (secondary N) is 1. The van der Waals surface area contributed by atoms with E-state index in [4.69, 9.17) is 4.74 Å². The molecule has 0 aromatic heterocycles. The first-order chi connectivity index (χ1) is 3.00. The van der Waals surface area contributed by atoms with Crippen molar-refractivity contribution in [1.29, 1.82) is 0 Å². The summed E-state index contributed by atoms with van der Waals surface area (Å²) in [4.78, 5) is 0. The first-order valence-corrected chi connectivity index (χ1v) is 2.28. The van der Waals surface area contributed by atoms with Gasteiger partial charge in [0.1, 0.15) is 0 Å². The first kappa shape index (κ1) is 4.09. The maximum Gasteiger partial charge on any atom is 0.0591 e. The van der Waals surface area contributed by atoms with Crippen LogP contribution >= 0.6 is 0 Å². The lowest BCUT2D eigenvalue weighted by Gasteiger charge is -2.10. The van der Waals surface area contributed by atoms with Crippen LogP contribution in [0.1, 0.15) is 0 Å². The van der Waals surface area contributed by atoms with Gasteiger partial charge in [0.2, 0.25) is 0 Å². The van der Waals surface area contributed by atoms with E-state index in [0.29, 0.717) is 0 Å². The fraction of sp³-hybridized carbons (Fsp3) is 1.00. The topological polar surface area (TPSA) is 21.3 Å². The average molecular weight is 87.1 g/mol. The van der Waals surface area contributed by atoms with Gasteiger partial charge in [0.05, 0.1) is 13.2 Å². The molecule has 1 aliphatic rings. The Balaban J connectivity index is 2.00. The van der Waals surface area contributed by atoms with Crippen LogP contribution in [0.15, 0.2) is 0 Å². The fourth-order valence-electron chi connectivity index (χ4n) is 0.516. The molecule has 36 valence electrons. The van der Waals surface area contributed by atoms with Crippen molar-refractivity contribution in [1.82, 2.24) is 5.32 Å². The van der Waals surface area contributed by atoms with Crippen molar-refractivity contribution in [2.24, 2.45) is 0 Å². The van der Waals surface area contributed by atoms with Crippen LogP contribution in [0.3, 0.4) is 0 Å². The highest BCUT2D eigenvalue weighted by Crippen LogP contribution is 1.76. The van der Waals surface area contributed by atoms with Gasteiger partial charge < -0.3 is 10.1 Å². The molecule has 0 radical (unpaired) electrons. The van der Waals surface area contributed by atoms with E-state index in [-0.39, 0.29) is 0 Å². The van der Waals surface area contributed by atoms with E-state index in [1.807, 2.05) is 0 Å². The minimum atomic E-state index is 0.889. The second kappa shape index (κ2) is 2.16. The summed E-state index contributed by atoms with van der Waals surface area (Å²) in [6, 6.07) is 0. The second-order valence-electron chi connectivity index (χ2n) is 1.36. The molecule has 0 aromatic carbocycles. The van der Waals surface area contributed by atoms with Crippen molar-refractivity contribution in [2.45, 2.75) is 0 Å². The maximum atomic E-state index is 5.01. The van der Waals surface area contributed by atoms with Gasteiger partial charge in [0.15, 0.2) is 0 Å². The maximum absolute atomic E-state index is 5.01. The predicted molar refractivity (Wildman–Crippen MR) is 23.7 cm³/mol. The molecule has 6 heavy (non-hydrogen) atoms. The lowest BCUT2D eigenvalue weighted by Crippen LogP contribution is -2.30. The highest BCUT2D eigenvalue weighted by atomic mass is 16.5. The summed E-state index contributed by atoms with van der Waals surface area (Å²) in [5.41, 5.74) is 0. The molecule has 1 N–H and O–H groups in total. The van der Waals surface area contributed by atoms with Crippen molar-refractivity contribution < 1.29 is 4.74 Å². The SMILES string of the molecule is C1COC[12CH2]N1. The third kappa shape index (κ3) is 0.954. The van der Waals surface area contributed by atoms with Gasteiger partial charge in [-0.25, -0.2) is 0 Å². The zero-order valence-corrected chi connectivity index (χ0v) is 3.74. The van der Waals surface area contributed by atoms with Gasteiger partial charge in [-0.15, -0.1) is 0 Å². The number of hydrogen-bond donors (Lipinski definition) is 1. The Morgan fingerprint density at radius 1 is 1.17 bits per heavy atom. The van der Waals surface area contributed by atoms with Crippen molar-refractivity contribution in [3.63, 3.8) is 0 Å². The fourth-order valence-corrected chi connectivity index (χ4v) is 0.516. The Bertz CT molecular complexity index is 23.0. The smallest absolute Gasteiger partial charge is 0.0591 e. The largest absolute Gasteiger partial charge is 0.379 e. The lowest BCUT2D eigenvalue weighted by molar-refractivity contribution is 0.109. The van der Waals surface area contributed by atoms with Crippen LogP contribution in [-0.4, -0.2) is 26.3 Å². The summed E-state index contributed by atoms with van der Waals surface area (Å²) in [5.74, 6) is 0. The minimum absolute atomic E-state index is 0.889. The second-order valence-corrected chi connectivity index (χ2v) is 1.36. The Labute approximate surface area is 37.5 Å². The summed E-state index contributed by atoms with van der Waals surface area (Å²) in [5, 5.41) is 3.16. The zero-order chi connectivity index (χ0) is 4.24. The van der Waals surface area contributed by atoms with Crippen LogP contribution in [0.2, 0.25) is 0 Å². The summed E-state index contributed by atoms with van der Waals surface area (Å²) >= 11 is 0. The van der Waals surface area contributed by atoms with Crippen LogP contribution in [0.4, 0.5) is 0 Å². The number of rotatable bonds is 0. The molecule has 1 saturated heterocycles. The average Bonchev–Trinajstić information content (AvgIpc) is 1.72. The molecular weight excluding hydrogens is 78.0 g/mol. The molecule has 0 unspecified atom stereocenters. The quantitative estimate of drug-likeness (QED) is 0.434. The molecule has 0 amide bonds. The molecule has 0 aromatic rings. The molecule has 1 heterocycles. The summed E-state index contributed by atoms with van der Waals surface area (Å²) in [7, 11) is 0. The normalized spacial score (nSPS) is 24.0. The highest BCUT2D eigenvalue weighted by Gasteiger charge is 1.92. The van der Waals surface area contributed by atoms with E-state index < -0.39 is 0 Å². The molecule has 1 fully saturated rings. The van der Waals surface area contributed by atoms with Crippen molar-refractivity contribution >= 4 is 0 Å². The minimum Gasteiger partial charge on any atom is -0.379 e. The molecule has 2 nitrogen and oxygen atoms in total. The van der Waals surface area contributed by atoms with Gasteiger partial charge in [-0.1, -0.05) is 0 Å². The van der Waals surface area contributed by atoms with E-state index >= 15 is 0 Å². The molecule has 0 atom stereocenters. The standard InChI is InChI=1S/C4H9NO/c1-3-6-4-2-5-1/h5H,1-4H2/i1+0. The first-order valence-electron chi connectivity index (χ1n) is 2.28. The van der Waals surface area contributed by atoms with Gasteiger partial charge in [0.25, 0.3) is 0 Å². The Morgan fingerprint density at radius 3 is 2.00 bits per heavy atom. The third-order valence-electron chi connectivity index (χ3n) is 0.846. The van der Waals surface area contributed by atoms with Crippen LogP contribution < -0.4 is 5.32 Å². The van der Waals surface area contributed by atoms with E-state index in [2.05, 4.69) is 5.32 Å². The van der Waals surface area contributed by atoms with Crippen LogP contribution in [0.5, 0.6) is 0 Å². The summed E-state index contributed by atoms with van der Waals surface area (Å²) in [6.07, 6.45) is 0. The van der Waals surface area contributed by atoms with E-state index in [9.17, 15) is 0 Å². The monoisotopic (exact) mass is 87.1 g/mol. The summed E-state index contributed by atoms with van der Waals surface area (Å²) in [6.45, 7) is 3.83. The summed E-state index contributed by atoms with van der Waals surface area (Å²) < 4.78 is 5.01. The zero-order valence-electron chi connectivity index (χ0n) is 3.74. The van der Waals surface area contributed by atoms with Crippen LogP contribution in [-0.2, 0) is 4.74 Å². The molecule has 2 heteroatoms. The number of ether oxygens (including phenoxy) is 1. The third-order valence-corrected chi connectivity index (χ3v) is 0.846. The number of hydrogen-bond acceptors (Lipinski definition) is 2. The molecule has 0 aliphatic carbocycles. The molecular formula is C4H9NO. The van der Waals surface area contributed by atoms with Crippen molar-refractivity contribution in [2.75, 3.05) is 26.3 Å². The van der Waals surface area contributed by atoms with Crippen molar-refractivity contribution in [3.8, 4) is 0 Å². The molecule has 0 bridgehead atoms. The molecule has 1 aliphatic heterocycles. The van der Waals surface area contributed by atoms with Crippen molar-refractivity contribution in [3.05, 3.63) is 0 Å². The van der Waals surface area contributed by atoms with Crippen LogP contribution in [0, 0.1) is 0 Å². The van der Waals surface area contributed by atoms with Gasteiger partial charge in [-0.3, -0.25) is 0 Å². The van der Waals surface area contributed by atoms with Gasteiger partial charge >= 0.3 is 0 Å². The Morgan fingerprint density at radius 2 is 1.83 bits per heavy atom. The van der Waals surface area contributed by atoms with Gasteiger partial charge in [-0.05, 0) is 0 Å². The van der Waals surface area contributed by atoms with E-state index in [1.165, 1.54) is 0 Å². The predicted octanol–water partition coefficient (Wildman–Crippen LogP) is -0.394.